The van der Waals surface area contributed by atoms with Crippen molar-refractivity contribution in [2.75, 3.05) is 0 Å². The highest BCUT2D eigenvalue weighted by atomic mass is 35.5. The maximum Gasteiger partial charge on any atom is 0.416 e. The van der Waals surface area contributed by atoms with Crippen LogP contribution in [0.15, 0.2) is 24.4 Å². The molecule has 0 amide bonds. The molecular formula is C14H7Cl3F3NO2. The molecule has 0 spiro atoms. The first-order valence-corrected chi connectivity index (χ1v) is 7.17. The number of hydrogen-bond donors (Lipinski definition) is 1. The number of alkyl halides is 3. The largest absolute Gasteiger partial charge is 0.481 e. The molecule has 0 bridgehead atoms. The predicted octanol–water partition coefficient (Wildman–Crippen LogP) is 5.35. The first kappa shape index (κ1) is 17.8. The molecule has 1 N–H and O–H groups in total. The molecular weight excluding hydrogens is 378 g/mol. The van der Waals surface area contributed by atoms with E-state index in [0.29, 0.717) is 6.07 Å². The molecule has 0 aliphatic rings. The molecule has 1 aromatic heterocycles. The number of pyridine rings is 1. The monoisotopic (exact) mass is 383 g/mol. The number of rotatable bonds is 3. The van der Waals surface area contributed by atoms with Gasteiger partial charge >= 0.3 is 12.1 Å². The Bertz CT molecular complexity index is 779. The highest BCUT2D eigenvalue weighted by Crippen LogP contribution is 2.42. The van der Waals surface area contributed by atoms with Crippen LogP contribution in [-0.2, 0) is 17.4 Å². The van der Waals surface area contributed by atoms with Crippen LogP contribution in [0.25, 0.3) is 11.3 Å². The fraction of sp³-hybridized carbons (Fsp3) is 0.143. The zero-order valence-corrected chi connectivity index (χ0v) is 13.4. The van der Waals surface area contributed by atoms with Crippen LogP contribution in [0, 0.1) is 0 Å². The van der Waals surface area contributed by atoms with Crippen LogP contribution in [0.3, 0.4) is 0 Å². The van der Waals surface area contributed by atoms with Crippen LogP contribution >= 0.6 is 34.8 Å². The third-order valence-corrected chi connectivity index (χ3v) is 4.09. The summed E-state index contributed by atoms with van der Waals surface area (Å²) in [6, 6.07) is 3.42. The second-order valence-corrected chi connectivity index (χ2v) is 5.66. The second kappa shape index (κ2) is 6.55. The number of carbonyl (C=O) groups is 1. The molecule has 3 nitrogen and oxygen atoms in total. The number of halogens is 6. The summed E-state index contributed by atoms with van der Waals surface area (Å²) in [5, 5.41) is 8.91. The summed E-state index contributed by atoms with van der Waals surface area (Å²) in [5.74, 6) is -1.45. The van der Waals surface area contributed by atoms with Crippen molar-refractivity contribution in [1.29, 1.82) is 0 Å². The van der Waals surface area contributed by atoms with Crippen molar-refractivity contribution in [1.82, 2.24) is 4.98 Å². The molecule has 23 heavy (non-hydrogen) atoms. The molecule has 122 valence electrons. The van der Waals surface area contributed by atoms with E-state index in [1.807, 2.05) is 0 Å². The van der Waals surface area contributed by atoms with Crippen molar-refractivity contribution in [3.63, 3.8) is 0 Å². The molecule has 0 saturated heterocycles. The molecule has 0 aliphatic heterocycles. The molecule has 2 aromatic rings. The van der Waals surface area contributed by atoms with Crippen LogP contribution in [0.2, 0.25) is 15.1 Å². The Morgan fingerprint density at radius 2 is 1.74 bits per heavy atom. The zero-order valence-electron chi connectivity index (χ0n) is 11.1. The van der Waals surface area contributed by atoms with Crippen molar-refractivity contribution in [3.05, 3.63) is 50.6 Å². The fourth-order valence-corrected chi connectivity index (χ4v) is 2.75. The topological polar surface area (TPSA) is 50.2 Å². The minimum atomic E-state index is -4.75. The van der Waals surface area contributed by atoms with Gasteiger partial charge in [0.15, 0.2) is 0 Å². The highest BCUT2D eigenvalue weighted by molar-refractivity contribution is 6.46. The summed E-state index contributed by atoms with van der Waals surface area (Å²) >= 11 is 17.9. The Morgan fingerprint density at radius 1 is 1.13 bits per heavy atom. The lowest BCUT2D eigenvalue weighted by Crippen LogP contribution is -2.14. The Balaban J connectivity index is 2.83. The van der Waals surface area contributed by atoms with Gasteiger partial charge in [0.1, 0.15) is 0 Å². The van der Waals surface area contributed by atoms with Crippen molar-refractivity contribution >= 4 is 40.8 Å². The molecule has 0 saturated carbocycles. The summed E-state index contributed by atoms with van der Waals surface area (Å²) in [7, 11) is 0. The minimum Gasteiger partial charge on any atom is -0.481 e. The van der Waals surface area contributed by atoms with Gasteiger partial charge in [-0.2, -0.15) is 13.2 Å². The van der Waals surface area contributed by atoms with E-state index in [4.69, 9.17) is 39.9 Å². The average molecular weight is 385 g/mol. The SMILES string of the molecule is O=C(O)Cc1c(C(F)(F)F)ccnc1-c1c(Cl)ccc(Cl)c1Cl. The molecule has 1 heterocycles. The molecule has 0 atom stereocenters. The van der Waals surface area contributed by atoms with E-state index in [-0.39, 0.29) is 26.3 Å². The maximum absolute atomic E-state index is 13.2. The normalized spacial score (nSPS) is 11.6. The lowest BCUT2D eigenvalue weighted by atomic mass is 9.98. The summed E-state index contributed by atoms with van der Waals surface area (Å²) in [6.07, 6.45) is -4.73. The molecule has 1 aromatic carbocycles. The summed E-state index contributed by atoms with van der Waals surface area (Å²) in [4.78, 5) is 14.8. The van der Waals surface area contributed by atoms with E-state index in [1.165, 1.54) is 12.1 Å². The van der Waals surface area contributed by atoms with E-state index in [0.717, 1.165) is 6.20 Å². The van der Waals surface area contributed by atoms with Crippen molar-refractivity contribution in [2.24, 2.45) is 0 Å². The van der Waals surface area contributed by atoms with Crippen LogP contribution in [-0.4, -0.2) is 16.1 Å². The number of aromatic nitrogens is 1. The lowest BCUT2D eigenvalue weighted by Gasteiger charge is -2.17. The molecule has 0 aliphatic carbocycles. The summed E-state index contributed by atoms with van der Waals surface area (Å²) in [5.41, 5.74) is -1.95. The van der Waals surface area contributed by atoms with E-state index < -0.39 is 29.7 Å². The smallest absolute Gasteiger partial charge is 0.416 e. The van der Waals surface area contributed by atoms with Gasteiger partial charge in [-0.3, -0.25) is 9.78 Å². The van der Waals surface area contributed by atoms with Gasteiger partial charge in [-0.25, -0.2) is 0 Å². The standard InChI is InChI=1S/C14H7Cl3F3NO2/c15-8-1-2-9(16)12(17)11(8)13-6(5-10(22)23)7(3-4-21-13)14(18,19)20/h1-4H,5H2,(H,22,23). The van der Waals surface area contributed by atoms with Crippen molar-refractivity contribution in [2.45, 2.75) is 12.6 Å². The van der Waals surface area contributed by atoms with Crippen LogP contribution in [0.4, 0.5) is 13.2 Å². The summed E-state index contributed by atoms with van der Waals surface area (Å²) in [6.45, 7) is 0. The van der Waals surface area contributed by atoms with Crippen LogP contribution < -0.4 is 0 Å². The third-order valence-electron chi connectivity index (χ3n) is 2.97. The lowest BCUT2D eigenvalue weighted by molar-refractivity contribution is -0.139. The minimum absolute atomic E-state index is 0.0119. The number of nitrogens with zero attached hydrogens (tertiary/aromatic N) is 1. The van der Waals surface area contributed by atoms with Gasteiger partial charge in [-0.05, 0) is 18.2 Å². The van der Waals surface area contributed by atoms with Crippen molar-refractivity contribution in [3.8, 4) is 11.3 Å². The maximum atomic E-state index is 13.2. The Hall–Kier alpha value is -1.50. The second-order valence-electron chi connectivity index (χ2n) is 4.47. The van der Waals surface area contributed by atoms with E-state index in [1.54, 1.807) is 0 Å². The molecule has 2 rings (SSSR count). The number of hydrogen-bond acceptors (Lipinski definition) is 2. The molecule has 0 fully saturated rings. The number of carboxylic acid groups (broad SMARTS) is 1. The fourth-order valence-electron chi connectivity index (χ4n) is 2.05. The Labute approximate surface area is 143 Å². The Morgan fingerprint density at radius 3 is 2.30 bits per heavy atom. The predicted molar refractivity (Wildman–Crippen MR) is 81.0 cm³/mol. The first-order valence-electron chi connectivity index (χ1n) is 6.03. The molecule has 9 heteroatoms. The van der Waals surface area contributed by atoms with E-state index in [9.17, 15) is 18.0 Å². The van der Waals surface area contributed by atoms with Crippen LogP contribution in [0.1, 0.15) is 11.1 Å². The van der Waals surface area contributed by atoms with Crippen molar-refractivity contribution < 1.29 is 23.1 Å². The highest BCUT2D eigenvalue weighted by Gasteiger charge is 2.36. The van der Waals surface area contributed by atoms with E-state index in [2.05, 4.69) is 4.98 Å². The van der Waals surface area contributed by atoms with Gasteiger partial charge in [0.25, 0.3) is 0 Å². The number of carboxylic acids is 1. The van der Waals surface area contributed by atoms with Gasteiger partial charge in [0, 0.05) is 17.3 Å². The average Bonchev–Trinajstić information content (AvgIpc) is 2.43. The quantitative estimate of drug-likeness (QED) is 0.725. The van der Waals surface area contributed by atoms with E-state index >= 15 is 0 Å². The third kappa shape index (κ3) is 3.71. The summed E-state index contributed by atoms with van der Waals surface area (Å²) < 4.78 is 39.5. The first-order chi connectivity index (χ1) is 10.6. The molecule has 0 radical (unpaired) electrons. The Kier molecular flexibility index (Phi) is 5.08. The zero-order chi connectivity index (χ0) is 17.4. The van der Waals surface area contributed by atoms with Gasteiger partial charge in [-0.15, -0.1) is 0 Å². The number of benzene rings is 1. The van der Waals surface area contributed by atoms with Crippen LogP contribution in [0.5, 0.6) is 0 Å². The number of aliphatic carboxylic acids is 1. The molecule has 0 unspecified atom stereocenters. The van der Waals surface area contributed by atoms with Gasteiger partial charge in [0.05, 0.1) is 32.7 Å². The van der Waals surface area contributed by atoms with Gasteiger partial charge in [-0.1, -0.05) is 34.8 Å². The van der Waals surface area contributed by atoms with Gasteiger partial charge < -0.3 is 5.11 Å². The van der Waals surface area contributed by atoms with Gasteiger partial charge in [0.2, 0.25) is 0 Å².